The third kappa shape index (κ3) is 5.92. The van der Waals surface area contributed by atoms with Gasteiger partial charge in [-0.1, -0.05) is 30.3 Å². The molecule has 1 amide bonds. The smallest absolute Gasteiger partial charge is 0.240 e. The number of anilines is 3. The standard InChI is InChI=1S/C23H25N3O3S/c1-17-8-9-18(2)22(16-17)30(28,29)24-15-14-23(27)26-21-12-10-20(11-13-21)25-19-6-4-3-5-7-19/h3-13,16,24-25H,14-15H2,1-2H3,(H,26,27). The number of carbonyl (C=O) groups is 1. The van der Waals surface area contributed by atoms with E-state index in [1.165, 1.54) is 0 Å². The van der Waals surface area contributed by atoms with Gasteiger partial charge in [-0.25, -0.2) is 13.1 Å². The minimum atomic E-state index is -3.66. The molecule has 0 bridgehead atoms. The molecule has 3 rings (SSSR count). The molecule has 0 aromatic heterocycles. The molecule has 0 radical (unpaired) electrons. The Balaban J connectivity index is 1.50. The van der Waals surface area contributed by atoms with Gasteiger partial charge in [0.2, 0.25) is 15.9 Å². The van der Waals surface area contributed by atoms with Crippen molar-refractivity contribution in [2.45, 2.75) is 25.2 Å². The van der Waals surface area contributed by atoms with Gasteiger partial charge < -0.3 is 10.6 Å². The molecule has 30 heavy (non-hydrogen) atoms. The van der Waals surface area contributed by atoms with Crippen LogP contribution >= 0.6 is 0 Å². The van der Waals surface area contributed by atoms with Gasteiger partial charge in [-0.2, -0.15) is 0 Å². The van der Waals surface area contributed by atoms with E-state index in [0.29, 0.717) is 11.3 Å². The topological polar surface area (TPSA) is 87.3 Å². The second kappa shape index (κ2) is 9.56. The van der Waals surface area contributed by atoms with Crippen LogP contribution < -0.4 is 15.4 Å². The molecule has 0 heterocycles. The summed E-state index contributed by atoms with van der Waals surface area (Å²) in [6.07, 6.45) is 0.0358. The maximum atomic E-state index is 12.5. The Morgan fingerprint density at radius 3 is 2.17 bits per heavy atom. The SMILES string of the molecule is Cc1ccc(C)c(S(=O)(=O)NCCC(=O)Nc2ccc(Nc3ccccc3)cc2)c1. The summed E-state index contributed by atoms with van der Waals surface area (Å²) in [6, 6.07) is 22.4. The minimum absolute atomic E-state index is 0.0230. The van der Waals surface area contributed by atoms with Crippen molar-refractivity contribution in [3.05, 3.63) is 83.9 Å². The van der Waals surface area contributed by atoms with Crippen molar-refractivity contribution >= 4 is 33.0 Å². The predicted molar refractivity (Wildman–Crippen MR) is 121 cm³/mol. The Kier molecular flexibility index (Phi) is 6.87. The van der Waals surface area contributed by atoms with Crippen LogP contribution in [0.1, 0.15) is 17.5 Å². The number of rotatable bonds is 8. The molecule has 0 aliphatic rings. The highest BCUT2D eigenvalue weighted by Gasteiger charge is 2.17. The number of benzene rings is 3. The van der Waals surface area contributed by atoms with Crippen molar-refractivity contribution in [3.63, 3.8) is 0 Å². The van der Waals surface area contributed by atoms with Crippen LogP contribution in [0.2, 0.25) is 0 Å². The molecule has 0 aliphatic heterocycles. The quantitative estimate of drug-likeness (QED) is 0.503. The van der Waals surface area contributed by atoms with Crippen LogP contribution in [0.25, 0.3) is 0 Å². The molecule has 0 saturated heterocycles. The van der Waals surface area contributed by atoms with Gasteiger partial charge in [0.25, 0.3) is 0 Å². The van der Waals surface area contributed by atoms with Crippen molar-refractivity contribution in [1.82, 2.24) is 4.72 Å². The maximum absolute atomic E-state index is 12.5. The monoisotopic (exact) mass is 423 g/mol. The zero-order valence-corrected chi connectivity index (χ0v) is 17.8. The summed E-state index contributed by atoms with van der Waals surface area (Å²) in [5.41, 5.74) is 4.06. The number of para-hydroxylation sites is 1. The summed E-state index contributed by atoms with van der Waals surface area (Å²) in [7, 11) is -3.66. The van der Waals surface area contributed by atoms with E-state index < -0.39 is 10.0 Å². The summed E-state index contributed by atoms with van der Waals surface area (Å²) in [4.78, 5) is 12.4. The zero-order valence-electron chi connectivity index (χ0n) is 17.0. The molecule has 7 heteroatoms. The Bertz CT molecular complexity index is 1110. The van der Waals surface area contributed by atoms with E-state index in [0.717, 1.165) is 16.9 Å². The normalized spacial score (nSPS) is 11.1. The molecule has 0 fully saturated rings. The van der Waals surface area contributed by atoms with Crippen LogP contribution in [0.15, 0.2) is 77.7 Å². The Morgan fingerprint density at radius 2 is 1.47 bits per heavy atom. The summed E-state index contributed by atoms with van der Waals surface area (Å²) >= 11 is 0. The van der Waals surface area contributed by atoms with Crippen molar-refractivity contribution in [1.29, 1.82) is 0 Å². The number of amides is 1. The lowest BCUT2D eigenvalue weighted by Gasteiger charge is -2.11. The molecular weight excluding hydrogens is 398 g/mol. The van der Waals surface area contributed by atoms with Crippen molar-refractivity contribution in [2.75, 3.05) is 17.2 Å². The average molecular weight is 424 g/mol. The first-order valence-electron chi connectivity index (χ1n) is 9.62. The van der Waals surface area contributed by atoms with Gasteiger partial charge in [-0.3, -0.25) is 4.79 Å². The third-order valence-electron chi connectivity index (χ3n) is 4.51. The van der Waals surface area contributed by atoms with Crippen LogP contribution in [-0.2, 0) is 14.8 Å². The first-order chi connectivity index (χ1) is 14.3. The molecule has 0 atom stereocenters. The van der Waals surface area contributed by atoms with Crippen LogP contribution in [-0.4, -0.2) is 20.9 Å². The maximum Gasteiger partial charge on any atom is 0.240 e. The fourth-order valence-electron chi connectivity index (χ4n) is 2.92. The first kappa shape index (κ1) is 21.5. The minimum Gasteiger partial charge on any atom is -0.356 e. The predicted octanol–water partition coefficient (Wildman–Crippen LogP) is 4.35. The largest absolute Gasteiger partial charge is 0.356 e. The van der Waals surface area contributed by atoms with Crippen LogP contribution in [0, 0.1) is 13.8 Å². The number of hydrogen-bond donors (Lipinski definition) is 3. The van der Waals surface area contributed by atoms with Gasteiger partial charge in [0.15, 0.2) is 0 Å². The highest BCUT2D eigenvalue weighted by atomic mass is 32.2. The molecule has 156 valence electrons. The van der Waals surface area contributed by atoms with Gasteiger partial charge in [-0.05, 0) is 67.4 Å². The van der Waals surface area contributed by atoms with E-state index >= 15 is 0 Å². The highest BCUT2D eigenvalue weighted by Crippen LogP contribution is 2.19. The fraction of sp³-hybridized carbons (Fsp3) is 0.174. The van der Waals surface area contributed by atoms with E-state index in [2.05, 4.69) is 15.4 Å². The lowest BCUT2D eigenvalue weighted by molar-refractivity contribution is -0.116. The Hall–Kier alpha value is -3.16. The average Bonchev–Trinajstić information content (AvgIpc) is 2.72. The van der Waals surface area contributed by atoms with Crippen molar-refractivity contribution in [2.24, 2.45) is 0 Å². The molecule has 0 unspecified atom stereocenters. The van der Waals surface area contributed by atoms with Gasteiger partial charge in [0.1, 0.15) is 0 Å². The van der Waals surface area contributed by atoms with Gasteiger partial charge in [0.05, 0.1) is 4.90 Å². The number of aryl methyl sites for hydroxylation is 2. The number of sulfonamides is 1. The molecular formula is C23H25N3O3S. The number of nitrogens with one attached hydrogen (secondary N) is 3. The van der Waals surface area contributed by atoms with E-state index in [1.54, 1.807) is 31.2 Å². The molecule has 3 N–H and O–H groups in total. The van der Waals surface area contributed by atoms with Gasteiger partial charge in [-0.15, -0.1) is 0 Å². The molecule has 0 spiro atoms. The highest BCUT2D eigenvalue weighted by molar-refractivity contribution is 7.89. The molecule has 3 aromatic rings. The summed E-state index contributed by atoms with van der Waals surface area (Å²) in [6.45, 7) is 3.61. The lowest BCUT2D eigenvalue weighted by Crippen LogP contribution is -2.28. The second-order valence-corrected chi connectivity index (χ2v) is 8.77. The van der Waals surface area contributed by atoms with Crippen LogP contribution in [0.3, 0.4) is 0 Å². The van der Waals surface area contributed by atoms with Gasteiger partial charge >= 0.3 is 0 Å². The van der Waals surface area contributed by atoms with Crippen molar-refractivity contribution < 1.29 is 13.2 Å². The van der Waals surface area contributed by atoms with E-state index in [-0.39, 0.29) is 23.8 Å². The molecule has 6 nitrogen and oxygen atoms in total. The molecule has 0 aliphatic carbocycles. The van der Waals surface area contributed by atoms with Crippen molar-refractivity contribution in [3.8, 4) is 0 Å². The van der Waals surface area contributed by atoms with Gasteiger partial charge in [0, 0.05) is 30.0 Å². The van der Waals surface area contributed by atoms with E-state index in [4.69, 9.17) is 0 Å². The first-order valence-corrected chi connectivity index (χ1v) is 11.1. The molecule has 3 aromatic carbocycles. The lowest BCUT2D eigenvalue weighted by atomic mass is 10.2. The summed E-state index contributed by atoms with van der Waals surface area (Å²) in [5, 5.41) is 6.05. The second-order valence-electron chi connectivity index (χ2n) is 7.03. The van der Waals surface area contributed by atoms with Crippen LogP contribution in [0.4, 0.5) is 17.1 Å². The fourth-order valence-corrected chi connectivity index (χ4v) is 4.28. The Morgan fingerprint density at radius 1 is 0.833 bits per heavy atom. The van der Waals surface area contributed by atoms with E-state index in [1.807, 2.05) is 55.5 Å². The number of hydrogen-bond acceptors (Lipinski definition) is 4. The third-order valence-corrected chi connectivity index (χ3v) is 6.11. The van der Waals surface area contributed by atoms with E-state index in [9.17, 15) is 13.2 Å². The Labute approximate surface area is 177 Å². The van der Waals surface area contributed by atoms with Crippen LogP contribution in [0.5, 0.6) is 0 Å². The zero-order chi connectivity index (χ0) is 21.6. The molecule has 0 saturated carbocycles. The summed E-state index contributed by atoms with van der Waals surface area (Å²) < 4.78 is 27.5. The number of carbonyl (C=O) groups excluding carboxylic acids is 1. The summed E-state index contributed by atoms with van der Waals surface area (Å²) in [5.74, 6) is -0.262.